The van der Waals surface area contributed by atoms with E-state index in [1.165, 1.54) is 24.1 Å². The van der Waals surface area contributed by atoms with Crippen LogP contribution < -0.4 is 10.6 Å². The van der Waals surface area contributed by atoms with Crippen LogP contribution in [0.5, 0.6) is 0 Å². The molecule has 1 saturated heterocycles. The number of carboxylic acids is 1. The van der Waals surface area contributed by atoms with Crippen molar-refractivity contribution >= 4 is 18.0 Å². The number of carbonyl (C=O) groups excluding carboxylic acids is 2. The molecule has 3 N–H and O–H groups in total. The number of hydrogen-bond acceptors (Lipinski definition) is 5. The van der Waals surface area contributed by atoms with Crippen LogP contribution in [0, 0.1) is 5.92 Å². The molecule has 8 heteroatoms. The zero-order valence-electron chi connectivity index (χ0n) is 19.0. The molecule has 0 bridgehead atoms. The first-order valence-electron chi connectivity index (χ1n) is 11.3. The molecule has 0 radical (unpaired) electrons. The summed E-state index contributed by atoms with van der Waals surface area (Å²) < 4.78 is 11.2. The minimum Gasteiger partial charge on any atom is -0.478 e. The van der Waals surface area contributed by atoms with Gasteiger partial charge in [0.1, 0.15) is 6.61 Å². The molecule has 8 nitrogen and oxygen atoms in total. The second-order valence-corrected chi connectivity index (χ2v) is 8.53. The number of carbonyl (C=O) groups is 3. The fourth-order valence-electron chi connectivity index (χ4n) is 4.41. The number of carboxylic acid groups (broad SMARTS) is 1. The first-order valence-corrected chi connectivity index (χ1v) is 11.3. The second-order valence-electron chi connectivity index (χ2n) is 8.53. The van der Waals surface area contributed by atoms with Gasteiger partial charge in [0.2, 0.25) is 5.91 Å². The van der Waals surface area contributed by atoms with Gasteiger partial charge in [-0.05, 0) is 35.6 Å². The molecule has 1 aliphatic heterocycles. The SMILES string of the molecule is C/C(=C\CNC(=O)C1COC(CNC(=O)OCC2c3ccccc3-c3ccccc32)C1)C(=O)O. The van der Waals surface area contributed by atoms with E-state index in [1.54, 1.807) is 0 Å². The molecule has 178 valence electrons. The highest BCUT2D eigenvalue weighted by Crippen LogP contribution is 2.44. The van der Waals surface area contributed by atoms with Crippen molar-refractivity contribution in [1.82, 2.24) is 10.6 Å². The van der Waals surface area contributed by atoms with Gasteiger partial charge in [0.05, 0.1) is 18.6 Å². The quantitative estimate of drug-likeness (QED) is 0.518. The molecule has 2 amide bonds. The number of nitrogens with one attached hydrogen (secondary N) is 2. The van der Waals surface area contributed by atoms with Gasteiger partial charge >= 0.3 is 12.1 Å². The normalized spacial score (nSPS) is 19.3. The molecule has 2 aromatic rings. The number of alkyl carbamates (subject to hydrolysis) is 1. The third kappa shape index (κ3) is 5.28. The molecular weight excluding hydrogens is 436 g/mol. The van der Waals surface area contributed by atoms with Gasteiger partial charge in [-0.25, -0.2) is 9.59 Å². The Morgan fingerprint density at radius 3 is 2.35 bits per heavy atom. The maximum atomic E-state index is 12.3. The predicted molar refractivity (Wildman–Crippen MR) is 125 cm³/mol. The van der Waals surface area contributed by atoms with E-state index in [4.69, 9.17) is 14.6 Å². The number of fused-ring (bicyclic) bond motifs is 3. The highest BCUT2D eigenvalue weighted by atomic mass is 16.5. The predicted octanol–water partition coefficient (Wildman–Crippen LogP) is 3.08. The number of aliphatic carboxylic acids is 1. The highest BCUT2D eigenvalue weighted by Gasteiger charge is 2.32. The third-order valence-corrected chi connectivity index (χ3v) is 6.29. The van der Waals surface area contributed by atoms with E-state index in [-0.39, 0.29) is 55.7 Å². The van der Waals surface area contributed by atoms with Gasteiger partial charge in [-0.1, -0.05) is 54.6 Å². The monoisotopic (exact) mass is 464 g/mol. The summed E-state index contributed by atoms with van der Waals surface area (Å²) in [5, 5.41) is 14.3. The topological polar surface area (TPSA) is 114 Å². The molecular formula is C26H28N2O6. The van der Waals surface area contributed by atoms with Gasteiger partial charge in [0.15, 0.2) is 0 Å². The summed E-state index contributed by atoms with van der Waals surface area (Å²) in [5.74, 6) is -1.56. The van der Waals surface area contributed by atoms with Crippen LogP contribution in [0.15, 0.2) is 60.2 Å². The molecule has 1 fully saturated rings. The Morgan fingerprint density at radius 2 is 1.71 bits per heavy atom. The molecule has 0 aromatic heterocycles. The van der Waals surface area contributed by atoms with Crippen LogP contribution in [0.2, 0.25) is 0 Å². The molecule has 34 heavy (non-hydrogen) atoms. The maximum Gasteiger partial charge on any atom is 0.407 e. The summed E-state index contributed by atoms with van der Waals surface area (Å²) in [6, 6.07) is 16.3. The number of amides is 2. The number of benzene rings is 2. The average molecular weight is 465 g/mol. The van der Waals surface area contributed by atoms with Crippen molar-refractivity contribution in [2.75, 3.05) is 26.3 Å². The van der Waals surface area contributed by atoms with Crippen LogP contribution >= 0.6 is 0 Å². The van der Waals surface area contributed by atoms with E-state index in [1.807, 2.05) is 24.3 Å². The minimum atomic E-state index is -1.02. The third-order valence-electron chi connectivity index (χ3n) is 6.29. The van der Waals surface area contributed by atoms with Crippen molar-refractivity contribution in [2.45, 2.75) is 25.4 Å². The molecule has 4 rings (SSSR count). The van der Waals surface area contributed by atoms with Crippen molar-refractivity contribution in [2.24, 2.45) is 5.92 Å². The van der Waals surface area contributed by atoms with Crippen molar-refractivity contribution in [3.8, 4) is 11.1 Å². The standard InChI is InChI=1S/C26H28N2O6/c1-16(25(30)31)10-11-27-24(29)17-12-18(33-14-17)13-28-26(32)34-15-23-21-8-4-2-6-19(21)20-7-3-5-9-22(20)23/h2-10,17-18,23H,11-15H2,1H3,(H,27,29)(H,28,32)(H,30,31)/b16-10+. The Morgan fingerprint density at radius 1 is 1.06 bits per heavy atom. The van der Waals surface area contributed by atoms with E-state index in [2.05, 4.69) is 34.9 Å². The van der Waals surface area contributed by atoms with Gasteiger partial charge in [-0.3, -0.25) is 4.79 Å². The first kappa shape index (κ1) is 23.5. The molecule has 2 unspecified atom stereocenters. The van der Waals surface area contributed by atoms with E-state index in [0.717, 1.165) is 11.1 Å². The van der Waals surface area contributed by atoms with Crippen molar-refractivity contribution in [3.05, 3.63) is 71.3 Å². The molecule has 2 atom stereocenters. The molecule has 0 saturated carbocycles. The summed E-state index contributed by atoms with van der Waals surface area (Å²) in [5.41, 5.74) is 4.82. The average Bonchev–Trinajstić information content (AvgIpc) is 3.44. The highest BCUT2D eigenvalue weighted by molar-refractivity contribution is 5.86. The fourth-order valence-corrected chi connectivity index (χ4v) is 4.41. The van der Waals surface area contributed by atoms with Crippen molar-refractivity contribution in [1.29, 1.82) is 0 Å². The molecule has 0 spiro atoms. The van der Waals surface area contributed by atoms with E-state index >= 15 is 0 Å². The Balaban J connectivity index is 1.22. The lowest BCUT2D eigenvalue weighted by atomic mass is 9.98. The largest absolute Gasteiger partial charge is 0.478 e. The van der Waals surface area contributed by atoms with Crippen LogP contribution in [-0.4, -0.2) is 55.5 Å². The lowest BCUT2D eigenvalue weighted by Gasteiger charge is -2.15. The number of hydrogen-bond donors (Lipinski definition) is 3. The van der Waals surface area contributed by atoms with Gasteiger partial charge in [0, 0.05) is 24.6 Å². The molecule has 2 aliphatic rings. The van der Waals surface area contributed by atoms with Gasteiger partial charge in [-0.2, -0.15) is 0 Å². The maximum absolute atomic E-state index is 12.3. The Bertz CT molecular complexity index is 1070. The van der Waals surface area contributed by atoms with E-state index in [0.29, 0.717) is 6.42 Å². The van der Waals surface area contributed by atoms with Gasteiger partial charge in [-0.15, -0.1) is 0 Å². The molecule has 2 aromatic carbocycles. The van der Waals surface area contributed by atoms with E-state index in [9.17, 15) is 14.4 Å². The van der Waals surface area contributed by atoms with E-state index < -0.39 is 12.1 Å². The van der Waals surface area contributed by atoms with Gasteiger partial charge in [0.25, 0.3) is 0 Å². The smallest absolute Gasteiger partial charge is 0.407 e. The summed E-state index contributed by atoms with van der Waals surface area (Å²) in [6.07, 6.45) is 1.11. The lowest BCUT2D eigenvalue weighted by Crippen LogP contribution is -2.34. The Hall–Kier alpha value is -3.65. The van der Waals surface area contributed by atoms with Crippen LogP contribution in [0.4, 0.5) is 4.79 Å². The summed E-state index contributed by atoms with van der Waals surface area (Å²) in [6.45, 7) is 2.36. The first-order chi connectivity index (χ1) is 16.4. The van der Waals surface area contributed by atoms with Crippen molar-refractivity contribution in [3.63, 3.8) is 0 Å². The van der Waals surface area contributed by atoms with Crippen LogP contribution in [0.3, 0.4) is 0 Å². The van der Waals surface area contributed by atoms with Crippen molar-refractivity contribution < 1.29 is 29.0 Å². The Labute approximate surface area is 198 Å². The van der Waals surface area contributed by atoms with Gasteiger partial charge < -0.3 is 25.2 Å². The number of ether oxygens (including phenoxy) is 2. The minimum absolute atomic E-state index is 0.00669. The summed E-state index contributed by atoms with van der Waals surface area (Å²) in [4.78, 5) is 35.4. The molecule has 1 aliphatic carbocycles. The van der Waals surface area contributed by atoms with Crippen LogP contribution in [-0.2, 0) is 19.1 Å². The van der Waals surface area contributed by atoms with Crippen LogP contribution in [0.1, 0.15) is 30.4 Å². The number of rotatable bonds is 8. The Kier molecular flexibility index (Phi) is 7.27. The second kappa shape index (κ2) is 10.5. The summed E-state index contributed by atoms with van der Waals surface area (Å²) in [7, 11) is 0. The fraction of sp³-hybridized carbons (Fsp3) is 0.346. The zero-order valence-corrected chi connectivity index (χ0v) is 19.0. The zero-order chi connectivity index (χ0) is 24.1. The lowest BCUT2D eigenvalue weighted by molar-refractivity contribution is -0.132. The summed E-state index contributed by atoms with van der Waals surface area (Å²) >= 11 is 0. The van der Waals surface area contributed by atoms with Crippen LogP contribution in [0.25, 0.3) is 11.1 Å². The molecule has 1 heterocycles.